The minimum absolute atomic E-state index is 0.0848. The van der Waals surface area contributed by atoms with Crippen LogP contribution in [0.5, 0.6) is 0 Å². The van der Waals surface area contributed by atoms with E-state index in [2.05, 4.69) is 209 Å². The number of para-hydroxylation sites is 2. The quantitative estimate of drug-likeness (QED) is 0.128. The van der Waals surface area contributed by atoms with Crippen molar-refractivity contribution in [3.63, 3.8) is 0 Å². The molecule has 0 radical (unpaired) electrons. The standard InChI is InChI=1S/C53H41N/c1-34-29-38(43-27-25-35-23-24-36-32-40(53(2,3)4)33-37-26-28-46(43)51(35)49(36)37)31-39(30-34)50-44-19-11-13-21-47(44)52(48-22-14-12-20-45(48)50)54(41-15-7-5-8-16-41)42-17-9-6-10-18-42/h5-33H,1-4H3. The van der Waals surface area contributed by atoms with E-state index in [1.165, 1.54) is 92.9 Å². The van der Waals surface area contributed by atoms with Crippen LogP contribution in [0.15, 0.2) is 176 Å². The Balaban J connectivity index is 1.23. The molecule has 0 aliphatic rings. The Kier molecular flexibility index (Phi) is 7.35. The van der Waals surface area contributed by atoms with Crippen molar-refractivity contribution in [2.24, 2.45) is 0 Å². The van der Waals surface area contributed by atoms with Gasteiger partial charge in [-0.05, 0) is 119 Å². The second kappa shape index (κ2) is 12.3. The third-order valence-corrected chi connectivity index (χ3v) is 11.3. The van der Waals surface area contributed by atoms with Crippen LogP contribution in [-0.4, -0.2) is 0 Å². The largest absolute Gasteiger partial charge is 0.309 e. The molecule has 0 aromatic heterocycles. The molecule has 0 aliphatic heterocycles. The number of aryl methyl sites for hydroxylation is 1. The minimum Gasteiger partial charge on any atom is -0.309 e. The van der Waals surface area contributed by atoms with Crippen LogP contribution >= 0.6 is 0 Å². The van der Waals surface area contributed by atoms with Crippen LogP contribution < -0.4 is 4.90 Å². The molecule has 0 unspecified atom stereocenters. The zero-order valence-corrected chi connectivity index (χ0v) is 31.2. The number of rotatable bonds is 5. The Labute approximate surface area is 317 Å². The summed E-state index contributed by atoms with van der Waals surface area (Å²) >= 11 is 0. The average molecular weight is 692 g/mol. The smallest absolute Gasteiger partial charge is 0.0618 e. The summed E-state index contributed by atoms with van der Waals surface area (Å²) in [7, 11) is 0. The fourth-order valence-electron chi connectivity index (χ4n) is 8.81. The van der Waals surface area contributed by atoms with E-state index in [1.54, 1.807) is 0 Å². The van der Waals surface area contributed by atoms with E-state index >= 15 is 0 Å². The maximum atomic E-state index is 2.43. The lowest BCUT2D eigenvalue weighted by atomic mass is 9.82. The topological polar surface area (TPSA) is 3.24 Å². The number of hydrogen-bond donors (Lipinski definition) is 0. The maximum absolute atomic E-state index is 2.43. The number of fused-ring (bicyclic) bond motifs is 2. The maximum Gasteiger partial charge on any atom is 0.0618 e. The number of benzene rings is 10. The molecule has 0 heterocycles. The van der Waals surface area contributed by atoms with Gasteiger partial charge in [-0.1, -0.05) is 166 Å². The lowest BCUT2D eigenvalue weighted by Crippen LogP contribution is -2.11. The third kappa shape index (κ3) is 5.15. The molecular formula is C53H41N. The second-order valence-corrected chi connectivity index (χ2v) is 15.8. The first-order valence-electron chi connectivity index (χ1n) is 19.0. The van der Waals surface area contributed by atoms with Crippen LogP contribution in [0.1, 0.15) is 31.9 Å². The third-order valence-electron chi connectivity index (χ3n) is 11.3. The van der Waals surface area contributed by atoms with Crippen LogP contribution in [-0.2, 0) is 5.41 Å². The van der Waals surface area contributed by atoms with Gasteiger partial charge in [0, 0.05) is 22.1 Å². The first-order chi connectivity index (χ1) is 26.3. The Bertz CT molecular complexity index is 2910. The molecule has 1 heteroatoms. The van der Waals surface area contributed by atoms with Gasteiger partial charge in [0.15, 0.2) is 0 Å². The van der Waals surface area contributed by atoms with E-state index < -0.39 is 0 Å². The molecule has 0 saturated heterocycles. The molecule has 0 N–H and O–H groups in total. The highest BCUT2D eigenvalue weighted by molar-refractivity contribution is 6.26. The minimum atomic E-state index is 0.0848. The summed E-state index contributed by atoms with van der Waals surface area (Å²) in [6.07, 6.45) is 0. The average Bonchev–Trinajstić information content (AvgIpc) is 3.20. The van der Waals surface area contributed by atoms with Gasteiger partial charge in [0.25, 0.3) is 0 Å². The SMILES string of the molecule is Cc1cc(-c2c3ccccc3c(N(c3ccccc3)c3ccccc3)c3ccccc23)cc(-c2ccc3ccc4cc(C(C)(C)C)cc5ccc2c3c45)c1. The van der Waals surface area contributed by atoms with Crippen molar-refractivity contribution >= 4 is 70.9 Å². The monoisotopic (exact) mass is 691 g/mol. The molecule has 0 fully saturated rings. The first kappa shape index (κ1) is 32.2. The zero-order chi connectivity index (χ0) is 36.6. The van der Waals surface area contributed by atoms with E-state index in [9.17, 15) is 0 Å². The summed E-state index contributed by atoms with van der Waals surface area (Å²) in [5, 5.41) is 12.9. The Morgan fingerprint density at radius 2 is 0.907 bits per heavy atom. The summed E-state index contributed by atoms with van der Waals surface area (Å²) in [4.78, 5) is 2.42. The number of anilines is 3. The molecule has 10 aromatic carbocycles. The first-order valence-corrected chi connectivity index (χ1v) is 19.0. The number of nitrogens with zero attached hydrogens (tertiary/aromatic N) is 1. The molecule has 258 valence electrons. The highest BCUT2D eigenvalue weighted by atomic mass is 15.1. The van der Waals surface area contributed by atoms with Crippen molar-refractivity contribution in [3.05, 3.63) is 187 Å². The van der Waals surface area contributed by atoms with Crippen molar-refractivity contribution in [3.8, 4) is 22.3 Å². The Morgan fingerprint density at radius 3 is 1.50 bits per heavy atom. The van der Waals surface area contributed by atoms with Crippen LogP contribution in [0.25, 0.3) is 76.1 Å². The van der Waals surface area contributed by atoms with Crippen molar-refractivity contribution in [1.82, 2.24) is 0 Å². The van der Waals surface area contributed by atoms with Crippen molar-refractivity contribution in [1.29, 1.82) is 0 Å². The lowest BCUT2D eigenvalue weighted by molar-refractivity contribution is 0.591. The van der Waals surface area contributed by atoms with Crippen molar-refractivity contribution in [2.75, 3.05) is 4.90 Å². The van der Waals surface area contributed by atoms with Gasteiger partial charge in [-0.3, -0.25) is 0 Å². The summed E-state index contributed by atoms with van der Waals surface area (Å²) < 4.78 is 0. The lowest BCUT2D eigenvalue weighted by Gasteiger charge is -2.29. The zero-order valence-electron chi connectivity index (χ0n) is 31.2. The van der Waals surface area contributed by atoms with Gasteiger partial charge in [-0.25, -0.2) is 0 Å². The predicted octanol–water partition coefficient (Wildman–Crippen LogP) is 15.3. The normalized spacial score (nSPS) is 12.1. The van der Waals surface area contributed by atoms with Crippen molar-refractivity contribution in [2.45, 2.75) is 33.1 Å². The van der Waals surface area contributed by atoms with Crippen LogP contribution in [0.3, 0.4) is 0 Å². The van der Waals surface area contributed by atoms with Gasteiger partial charge >= 0.3 is 0 Å². The Morgan fingerprint density at radius 1 is 0.407 bits per heavy atom. The molecule has 1 nitrogen and oxygen atoms in total. The molecule has 0 saturated carbocycles. The van der Waals surface area contributed by atoms with Gasteiger partial charge in [-0.15, -0.1) is 0 Å². The second-order valence-electron chi connectivity index (χ2n) is 15.8. The van der Waals surface area contributed by atoms with E-state index in [0.717, 1.165) is 11.4 Å². The molecule has 0 atom stereocenters. The summed E-state index contributed by atoms with van der Waals surface area (Å²) in [6.45, 7) is 9.14. The molecule has 0 spiro atoms. The molecule has 0 amide bonds. The molecule has 0 aliphatic carbocycles. The molecule has 54 heavy (non-hydrogen) atoms. The summed E-state index contributed by atoms with van der Waals surface area (Å²) in [6, 6.07) is 65.3. The molecular weight excluding hydrogens is 651 g/mol. The highest BCUT2D eigenvalue weighted by Gasteiger charge is 2.23. The van der Waals surface area contributed by atoms with Crippen LogP contribution in [0, 0.1) is 6.92 Å². The van der Waals surface area contributed by atoms with Gasteiger partial charge in [0.1, 0.15) is 0 Å². The summed E-state index contributed by atoms with van der Waals surface area (Å²) in [5.41, 5.74) is 11.2. The molecule has 10 rings (SSSR count). The van der Waals surface area contributed by atoms with Crippen LogP contribution in [0.4, 0.5) is 17.1 Å². The fourth-order valence-corrected chi connectivity index (χ4v) is 8.81. The van der Waals surface area contributed by atoms with Gasteiger partial charge in [0.2, 0.25) is 0 Å². The summed E-state index contributed by atoms with van der Waals surface area (Å²) in [5.74, 6) is 0. The fraction of sp³-hybridized carbons (Fsp3) is 0.0943. The van der Waals surface area contributed by atoms with Gasteiger partial charge < -0.3 is 4.90 Å². The van der Waals surface area contributed by atoms with E-state index in [0.29, 0.717) is 0 Å². The Hall–Kier alpha value is -6.44. The van der Waals surface area contributed by atoms with Crippen LogP contribution in [0.2, 0.25) is 0 Å². The van der Waals surface area contributed by atoms with Gasteiger partial charge in [-0.2, -0.15) is 0 Å². The highest BCUT2D eigenvalue weighted by Crippen LogP contribution is 2.49. The van der Waals surface area contributed by atoms with E-state index in [-0.39, 0.29) is 5.41 Å². The van der Waals surface area contributed by atoms with E-state index in [1.807, 2.05) is 0 Å². The van der Waals surface area contributed by atoms with Gasteiger partial charge in [0.05, 0.1) is 5.69 Å². The molecule has 10 aromatic rings. The van der Waals surface area contributed by atoms with Crippen molar-refractivity contribution < 1.29 is 0 Å². The molecule has 0 bridgehead atoms. The number of hydrogen-bond acceptors (Lipinski definition) is 1. The predicted molar refractivity (Wildman–Crippen MR) is 234 cm³/mol. The van der Waals surface area contributed by atoms with E-state index in [4.69, 9.17) is 0 Å².